The minimum Gasteiger partial charge on any atom is -0.359 e. The van der Waals surface area contributed by atoms with Gasteiger partial charge in [0.25, 0.3) is 0 Å². The number of H-pyrrole nitrogens is 4. The van der Waals surface area contributed by atoms with Crippen molar-refractivity contribution in [3.05, 3.63) is 73.3 Å². The van der Waals surface area contributed by atoms with Crippen LogP contribution >= 0.6 is 0 Å². The van der Waals surface area contributed by atoms with E-state index >= 15 is 0 Å². The summed E-state index contributed by atoms with van der Waals surface area (Å²) in [5.74, 6) is 0. The maximum Gasteiger partial charge on any atom is 0.0972 e. The van der Waals surface area contributed by atoms with Crippen molar-refractivity contribution < 1.29 is 0 Å². The number of aromatic amines is 4. The number of hydrogen-bond acceptors (Lipinski definition) is 2. The summed E-state index contributed by atoms with van der Waals surface area (Å²) < 4.78 is 0. The van der Waals surface area contributed by atoms with Crippen LogP contribution in [0.1, 0.15) is 0 Å². The van der Waals surface area contributed by atoms with Crippen molar-refractivity contribution in [1.82, 2.24) is 29.9 Å². The molecule has 0 spiro atoms. The van der Waals surface area contributed by atoms with Gasteiger partial charge in [0.15, 0.2) is 0 Å². The largest absolute Gasteiger partial charge is 0.359 e. The molecule has 0 bridgehead atoms. The Morgan fingerprint density at radius 2 is 0.967 bits per heavy atom. The van der Waals surface area contributed by atoms with Gasteiger partial charge in [-0.05, 0) is 24.3 Å². The number of fused-ring (bicyclic) bond motifs is 5. The van der Waals surface area contributed by atoms with Gasteiger partial charge in [0.2, 0.25) is 0 Å². The summed E-state index contributed by atoms with van der Waals surface area (Å²) in [6, 6.07) is 16.6. The lowest BCUT2D eigenvalue weighted by Gasteiger charge is -2.07. The smallest absolute Gasteiger partial charge is 0.0972 e. The van der Waals surface area contributed by atoms with Crippen LogP contribution < -0.4 is 0 Å². The molecule has 142 valence electrons. The topological polar surface area (TPSA) is 88.9 Å². The Balaban J connectivity index is 1.49. The molecule has 0 unspecified atom stereocenters. The molecule has 0 amide bonds. The normalized spacial score (nSPS) is 12.0. The van der Waals surface area contributed by atoms with Crippen LogP contribution in [0.5, 0.6) is 0 Å². The van der Waals surface area contributed by atoms with Crippen molar-refractivity contribution in [2.24, 2.45) is 0 Å². The van der Waals surface area contributed by atoms with Gasteiger partial charge in [-0.2, -0.15) is 0 Å². The minimum absolute atomic E-state index is 0.908. The summed E-state index contributed by atoms with van der Waals surface area (Å²) in [5.41, 5.74) is 10.1. The maximum atomic E-state index is 5.03. The van der Waals surface area contributed by atoms with E-state index in [1.165, 1.54) is 0 Å². The molecular formula is C24H16N6. The number of pyridine rings is 2. The lowest BCUT2D eigenvalue weighted by atomic mass is 10.1. The van der Waals surface area contributed by atoms with Gasteiger partial charge in [-0.1, -0.05) is 24.3 Å². The number of benzene rings is 1. The van der Waals surface area contributed by atoms with E-state index in [1.807, 2.05) is 36.9 Å². The van der Waals surface area contributed by atoms with Gasteiger partial charge in [-0.15, -0.1) is 0 Å². The molecule has 0 aliphatic carbocycles. The average molecular weight is 388 g/mol. The molecule has 0 fully saturated rings. The molecule has 0 radical (unpaired) electrons. The Morgan fingerprint density at radius 1 is 0.500 bits per heavy atom. The van der Waals surface area contributed by atoms with Crippen molar-refractivity contribution in [2.45, 2.75) is 0 Å². The first kappa shape index (κ1) is 15.6. The molecule has 6 heteroatoms. The summed E-state index contributed by atoms with van der Waals surface area (Å²) in [5, 5.41) is 2.15. The van der Waals surface area contributed by atoms with Crippen LogP contribution in [0.3, 0.4) is 0 Å². The first-order chi connectivity index (χ1) is 14.8. The van der Waals surface area contributed by atoms with E-state index in [2.05, 4.69) is 56.3 Å². The third-order valence-electron chi connectivity index (χ3n) is 5.85. The van der Waals surface area contributed by atoms with Crippen molar-refractivity contribution in [3.8, 4) is 22.5 Å². The van der Waals surface area contributed by atoms with Gasteiger partial charge < -0.3 is 19.9 Å². The zero-order valence-corrected chi connectivity index (χ0v) is 15.8. The lowest BCUT2D eigenvalue weighted by Crippen LogP contribution is -1.90. The zero-order valence-electron chi connectivity index (χ0n) is 15.8. The Bertz CT molecular complexity index is 1580. The van der Waals surface area contributed by atoms with Crippen molar-refractivity contribution in [1.29, 1.82) is 0 Å². The van der Waals surface area contributed by atoms with Crippen LogP contribution in [0.25, 0.3) is 66.4 Å². The Morgan fingerprint density at radius 3 is 1.47 bits per heavy atom. The highest BCUT2D eigenvalue weighted by molar-refractivity contribution is 6.05. The van der Waals surface area contributed by atoms with Crippen LogP contribution in [0.2, 0.25) is 0 Å². The third kappa shape index (κ3) is 2.07. The zero-order chi connectivity index (χ0) is 19.7. The fourth-order valence-electron chi connectivity index (χ4n) is 4.34. The molecule has 6 aromatic heterocycles. The van der Waals surface area contributed by atoms with E-state index in [4.69, 9.17) is 9.97 Å². The van der Waals surface area contributed by atoms with E-state index < -0.39 is 0 Å². The molecule has 6 heterocycles. The van der Waals surface area contributed by atoms with Crippen molar-refractivity contribution in [2.75, 3.05) is 0 Å². The number of nitrogens with zero attached hydrogens (tertiary/aromatic N) is 2. The second-order valence-electron chi connectivity index (χ2n) is 7.54. The van der Waals surface area contributed by atoms with Crippen LogP contribution in [-0.4, -0.2) is 29.9 Å². The van der Waals surface area contributed by atoms with Gasteiger partial charge in [0.1, 0.15) is 0 Å². The van der Waals surface area contributed by atoms with E-state index in [-0.39, 0.29) is 0 Å². The number of aromatic nitrogens is 6. The van der Waals surface area contributed by atoms with Crippen LogP contribution in [0.15, 0.2) is 73.3 Å². The van der Waals surface area contributed by atoms with E-state index in [0.29, 0.717) is 0 Å². The monoisotopic (exact) mass is 388 g/mol. The van der Waals surface area contributed by atoms with Gasteiger partial charge >= 0.3 is 0 Å². The number of nitrogens with one attached hydrogen (secondary N) is 4. The molecule has 1 aromatic carbocycles. The highest BCUT2D eigenvalue weighted by Gasteiger charge is 2.13. The molecule has 0 saturated carbocycles. The van der Waals surface area contributed by atoms with E-state index in [9.17, 15) is 0 Å². The highest BCUT2D eigenvalue weighted by Crippen LogP contribution is 2.32. The number of rotatable bonds is 2. The predicted octanol–water partition coefficient (Wildman–Crippen LogP) is 5.74. The Labute approximate surface area is 170 Å². The first-order valence-corrected chi connectivity index (χ1v) is 9.85. The molecule has 30 heavy (non-hydrogen) atoms. The first-order valence-electron chi connectivity index (χ1n) is 9.85. The van der Waals surface area contributed by atoms with Crippen LogP contribution in [0.4, 0.5) is 0 Å². The quantitative estimate of drug-likeness (QED) is 0.285. The second kappa shape index (κ2) is 5.61. The summed E-state index contributed by atoms with van der Waals surface area (Å²) in [4.78, 5) is 23.3. The number of hydrogen-bond donors (Lipinski definition) is 4. The Kier molecular flexibility index (Phi) is 2.91. The fraction of sp³-hybridized carbons (Fsp3) is 0. The molecule has 0 aliphatic heterocycles. The van der Waals surface area contributed by atoms with Gasteiger partial charge in [0.05, 0.1) is 44.5 Å². The van der Waals surface area contributed by atoms with Gasteiger partial charge in [-0.25, -0.2) is 9.97 Å². The summed E-state index contributed by atoms with van der Waals surface area (Å²) >= 11 is 0. The summed E-state index contributed by atoms with van der Waals surface area (Å²) in [6.07, 6.45) is 7.88. The average Bonchev–Trinajstić information content (AvgIpc) is 3.54. The molecule has 7 aromatic rings. The SMILES string of the molecule is c1cc2[nH]cc(-c3ccc4ccc5ccc(-c6c[nH]c7cc[nH]c67)nc5c4n3)c2[nH]1. The summed E-state index contributed by atoms with van der Waals surface area (Å²) in [7, 11) is 0. The molecule has 4 N–H and O–H groups in total. The van der Waals surface area contributed by atoms with Crippen LogP contribution in [0, 0.1) is 0 Å². The predicted molar refractivity (Wildman–Crippen MR) is 120 cm³/mol. The van der Waals surface area contributed by atoms with Crippen molar-refractivity contribution in [3.63, 3.8) is 0 Å². The highest BCUT2D eigenvalue weighted by atomic mass is 14.8. The van der Waals surface area contributed by atoms with Crippen LogP contribution in [-0.2, 0) is 0 Å². The van der Waals surface area contributed by atoms with Crippen molar-refractivity contribution >= 4 is 43.9 Å². The molecule has 0 aliphatic rings. The van der Waals surface area contributed by atoms with Gasteiger partial charge in [-0.3, -0.25) is 0 Å². The maximum absolute atomic E-state index is 5.03. The molecular weight excluding hydrogens is 372 g/mol. The molecule has 7 rings (SSSR count). The Hall–Kier alpha value is -4.32. The fourth-order valence-corrected chi connectivity index (χ4v) is 4.34. The second-order valence-corrected chi connectivity index (χ2v) is 7.54. The molecule has 0 saturated heterocycles. The summed E-state index contributed by atoms with van der Waals surface area (Å²) in [6.45, 7) is 0. The lowest BCUT2D eigenvalue weighted by molar-refractivity contribution is 1.35. The van der Waals surface area contributed by atoms with E-state index in [0.717, 1.165) is 66.4 Å². The van der Waals surface area contributed by atoms with Gasteiger partial charge in [0, 0.05) is 46.7 Å². The third-order valence-corrected chi connectivity index (χ3v) is 5.85. The minimum atomic E-state index is 0.908. The van der Waals surface area contributed by atoms with E-state index in [1.54, 1.807) is 0 Å². The molecule has 6 nitrogen and oxygen atoms in total. The molecule has 0 atom stereocenters. The standard InChI is InChI=1S/C24H16N6/c1-2-14-4-6-18(16-12-28-20-8-10-26-24(16)20)30-22(14)21-13(1)3-5-17(29-21)15-11-27-19-7-9-25-23(15)19/h1-12,25-28H.